The normalized spacial score (nSPS) is 11.4. The van der Waals surface area contributed by atoms with Gasteiger partial charge in [0.1, 0.15) is 0 Å². The summed E-state index contributed by atoms with van der Waals surface area (Å²) in [6.07, 6.45) is 8.02. The zero-order chi connectivity index (χ0) is 13.9. The average Bonchev–Trinajstić information content (AvgIpc) is 2.97. The van der Waals surface area contributed by atoms with Crippen LogP contribution in [-0.4, -0.2) is 37.6 Å². The molecule has 2 heterocycles. The minimum atomic E-state index is 0.955. The first-order valence-corrected chi connectivity index (χ1v) is 6.38. The van der Waals surface area contributed by atoms with Crippen LogP contribution in [0.25, 0.3) is 6.08 Å². The van der Waals surface area contributed by atoms with Crippen molar-refractivity contribution < 1.29 is 0 Å². The molecule has 3 rings (SSSR count). The molecule has 19 heavy (non-hydrogen) atoms. The van der Waals surface area contributed by atoms with Gasteiger partial charge in [-0.2, -0.15) is 0 Å². The quantitative estimate of drug-likeness (QED) is 0.758. The Balaban J connectivity index is 0.000000169. The number of aromatic amines is 1. The number of H-pyrrole nitrogens is 1. The molecular formula is C16H23N3. The Morgan fingerprint density at radius 3 is 2.11 bits per heavy atom. The van der Waals surface area contributed by atoms with E-state index in [9.17, 15) is 0 Å². The molecule has 2 N–H and O–H groups in total. The van der Waals surface area contributed by atoms with E-state index in [1.54, 1.807) is 0 Å². The summed E-state index contributed by atoms with van der Waals surface area (Å²) < 4.78 is 0. The summed E-state index contributed by atoms with van der Waals surface area (Å²) in [4.78, 5) is 4.86. The van der Waals surface area contributed by atoms with Crippen LogP contribution in [0.4, 0.5) is 5.69 Å². The first kappa shape index (κ1) is 15.1. The number of aromatic nitrogens is 1. The molecule has 0 amide bonds. The van der Waals surface area contributed by atoms with Crippen LogP contribution in [0.2, 0.25) is 0 Å². The van der Waals surface area contributed by atoms with Crippen molar-refractivity contribution in [2.45, 2.75) is 0 Å². The van der Waals surface area contributed by atoms with E-state index >= 15 is 0 Å². The lowest BCUT2D eigenvalue weighted by atomic mass is 10.1. The molecule has 0 fully saturated rings. The molecule has 1 aromatic heterocycles. The summed E-state index contributed by atoms with van der Waals surface area (Å²) in [7, 11) is 6.00. The molecule has 0 atom stereocenters. The molecule has 1 aliphatic rings. The predicted octanol–water partition coefficient (Wildman–Crippen LogP) is 3.32. The lowest BCUT2D eigenvalue weighted by molar-refractivity contribution is 0.505. The Kier molecular flexibility index (Phi) is 7.13. The fraction of sp³-hybridized carbons (Fsp3) is 0.250. The summed E-state index contributed by atoms with van der Waals surface area (Å²) in [5, 5.41) is 3.28. The van der Waals surface area contributed by atoms with Gasteiger partial charge in [-0.25, -0.2) is 0 Å². The van der Waals surface area contributed by atoms with E-state index in [4.69, 9.17) is 0 Å². The Hall–Kier alpha value is -2.00. The van der Waals surface area contributed by atoms with Gasteiger partial charge < -0.3 is 15.2 Å². The van der Waals surface area contributed by atoms with Crippen LogP contribution < -0.4 is 5.32 Å². The highest BCUT2D eigenvalue weighted by molar-refractivity contribution is 5.69. The first-order chi connectivity index (χ1) is 9.20. The number of benzene rings is 1. The molecule has 0 saturated carbocycles. The van der Waals surface area contributed by atoms with Gasteiger partial charge in [0.05, 0.1) is 0 Å². The van der Waals surface area contributed by atoms with Gasteiger partial charge in [-0.15, -0.1) is 0 Å². The second kappa shape index (κ2) is 9.00. The molecule has 0 saturated heterocycles. The summed E-state index contributed by atoms with van der Waals surface area (Å²) >= 11 is 0. The highest BCUT2D eigenvalue weighted by Gasteiger charge is 1.98. The lowest BCUT2D eigenvalue weighted by Crippen LogP contribution is -2.03. The standard InChI is InChI=1S/C9H9N.C4H5N.C3H9N/c1-2-6-9-8(4-1)5-3-7-10-9;1-2-4-5-3-1;1-4(2)3/h1-6,10H,7H2;1-5H;1-3H3. The number of nitrogens with one attached hydrogen (secondary N) is 2. The summed E-state index contributed by atoms with van der Waals surface area (Å²) in [5.74, 6) is 0. The van der Waals surface area contributed by atoms with E-state index in [0.29, 0.717) is 0 Å². The maximum Gasteiger partial charge on any atom is 0.0416 e. The summed E-state index contributed by atoms with van der Waals surface area (Å²) in [5.41, 5.74) is 2.53. The maximum absolute atomic E-state index is 3.28. The van der Waals surface area contributed by atoms with Crippen LogP contribution in [0, 0.1) is 0 Å². The predicted molar refractivity (Wildman–Crippen MR) is 84.4 cm³/mol. The van der Waals surface area contributed by atoms with Crippen molar-refractivity contribution in [2.75, 3.05) is 33.0 Å². The van der Waals surface area contributed by atoms with Crippen LogP contribution in [-0.2, 0) is 0 Å². The SMILES string of the molecule is C1=Cc2ccccc2NC1.CN(C)C.c1cc[nH]c1. The van der Waals surface area contributed by atoms with Gasteiger partial charge in [0.15, 0.2) is 0 Å². The fourth-order valence-electron chi connectivity index (χ4n) is 1.44. The number of anilines is 1. The van der Waals surface area contributed by atoms with Crippen LogP contribution in [0.3, 0.4) is 0 Å². The average molecular weight is 257 g/mol. The summed E-state index contributed by atoms with van der Waals surface area (Å²) in [6, 6.07) is 12.2. The number of nitrogens with zero attached hydrogens (tertiary/aromatic N) is 1. The Bertz CT molecular complexity index is 439. The van der Waals surface area contributed by atoms with Crippen molar-refractivity contribution in [3.05, 3.63) is 60.4 Å². The van der Waals surface area contributed by atoms with Crippen LogP contribution in [0.5, 0.6) is 0 Å². The number of hydrogen-bond acceptors (Lipinski definition) is 2. The van der Waals surface area contributed by atoms with Gasteiger partial charge in [0.25, 0.3) is 0 Å². The Morgan fingerprint density at radius 1 is 0.947 bits per heavy atom. The zero-order valence-corrected chi connectivity index (χ0v) is 11.9. The molecule has 3 nitrogen and oxygen atoms in total. The Morgan fingerprint density at radius 2 is 1.58 bits per heavy atom. The first-order valence-electron chi connectivity index (χ1n) is 6.38. The van der Waals surface area contributed by atoms with E-state index < -0.39 is 0 Å². The van der Waals surface area contributed by atoms with E-state index in [0.717, 1.165) is 6.54 Å². The van der Waals surface area contributed by atoms with Crippen LogP contribution in [0.1, 0.15) is 5.56 Å². The molecule has 1 aromatic carbocycles. The lowest BCUT2D eigenvalue weighted by Gasteiger charge is -2.11. The molecule has 0 radical (unpaired) electrons. The van der Waals surface area contributed by atoms with Crippen molar-refractivity contribution in [3.63, 3.8) is 0 Å². The van der Waals surface area contributed by atoms with Crippen molar-refractivity contribution >= 4 is 11.8 Å². The fourth-order valence-corrected chi connectivity index (χ4v) is 1.44. The van der Waals surface area contributed by atoms with Crippen molar-refractivity contribution in [1.29, 1.82) is 0 Å². The largest absolute Gasteiger partial charge is 0.381 e. The third kappa shape index (κ3) is 7.11. The second-order valence-electron chi connectivity index (χ2n) is 4.60. The molecule has 0 spiro atoms. The Labute approximate surface area is 116 Å². The molecular weight excluding hydrogens is 234 g/mol. The molecule has 3 heteroatoms. The summed E-state index contributed by atoms with van der Waals surface area (Å²) in [6.45, 7) is 0.955. The highest BCUT2D eigenvalue weighted by atomic mass is 15.0. The van der Waals surface area contributed by atoms with Crippen molar-refractivity contribution in [2.24, 2.45) is 0 Å². The van der Waals surface area contributed by atoms with Gasteiger partial charge in [-0.3, -0.25) is 0 Å². The van der Waals surface area contributed by atoms with E-state index in [2.05, 4.69) is 40.7 Å². The number of fused-ring (bicyclic) bond motifs is 1. The molecule has 102 valence electrons. The highest BCUT2D eigenvalue weighted by Crippen LogP contribution is 2.18. The monoisotopic (exact) mass is 257 g/mol. The third-order valence-electron chi connectivity index (χ3n) is 2.16. The maximum atomic E-state index is 3.28. The van der Waals surface area contributed by atoms with Crippen molar-refractivity contribution in [3.8, 4) is 0 Å². The van der Waals surface area contributed by atoms with Gasteiger partial charge in [0, 0.05) is 24.6 Å². The second-order valence-corrected chi connectivity index (χ2v) is 4.60. The number of para-hydroxylation sites is 1. The van der Waals surface area contributed by atoms with Crippen molar-refractivity contribution in [1.82, 2.24) is 9.88 Å². The van der Waals surface area contributed by atoms with Crippen LogP contribution >= 0.6 is 0 Å². The minimum absolute atomic E-state index is 0.955. The molecule has 0 unspecified atom stereocenters. The third-order valence-corrected chi connectivity index (χ3v) is 2.16. The van der Waals surface area contributed by atoms with Gasteiger partial charge in [-0.05, 0) is 44.9 Å². The minimum Gasteiger partial charge on any atom is -0.381 e. The zero-order valence-electron chi connectivity index (χ0n) is 11.9. The van der Waals surface area contributed by atoms with E-state index in [1.165, 1.54) is 11.3 Å². The smallest absolute Gasteiger partial charge is 0.0416 e. The van der Waals surface area contributed by atoms with E-state index in [1.807, 2.05) is 56.6 Å². The van der Waals surface area contributed by atoms with E-state index in [-0.39, 0.29) is 0 Å². The molecule has 1 aliphatic heterocycles. The number of hydrogen-bond donors (Lipinski definition) is 2. The van der Waals surface area contributed by atoms with Gasteiger partial charge in [-0.1, -0.05) is 30.4 Å². The molecule has 0 aliphatic carbocycles. The molecule has 0 bridgehead atoms. The molecule has 2 aromatic rings. The van der Waals surface area contributed by atoms with Gasteiger partial charge >= 0.3 is 0 Å². The topological polar surface area (TPSA) is 31.1 Å². The number of rotatable bonds is 0. The van der Waals surface area contributed by atoms with Gasteiger partial charge in [0.2, 0.25) is 0 Å². The van der Waals surface area contributed by atoms with Crippen LogP contribution in [0.15, 0.2) is 54.9 Å².